The summed E-state index contributed by atoms with van der Waals surface area (Å²) in [5.74, 6) is 1.63. The minimum Gasteiger partial charge on any atom is -0.439 e. The second-order valence-electron chi connectivity index (χ2n) is 6.74. The van der Waals surface area contributed by atoms with Gasteiger partial charge < -0.3 is 4.74 Å². The topological polar surface area (TPSA) is 35.0 Å². The number of aromatic nitrogens is 2. The monoisotopic (exact) mass is 418 g/mol. The van der Waals surface area contributed by atoms with E-state index in [-0.39, 0.29) is 0 Å². The van der Waals surface area contributed by atoms with Crippen molar-refractivity contribution in [3.8, 4) is 11.6 Å². The van der Waals surface area contributed by atoms with Gasteiger partial charge in [0.05, 0.1) is 5.56 Å². The lowest BCUT2D eigenvalue weighted by Crippen LogP contribution is -2.04. The van der Waals surface area contributed by atoms with Crippen LogP contribution in [0.25, 0.3) is 0 Å². The second-order valence-corrected chi connectivity index (χ2v) is 7.68. The number of nitrogens with zero attached hydrogens (tertiary/aromatic N) is 2. The maximum absolute atomic E-state index is 12.7. The molecule has 29 heavy (non-hydrogen) atoms. The van der Waals surface area contributed by atoms with Crippen LogP contribution in [-0.4, -0.2) is 9.97 Å². The van der Waals surface area contributed by atoms with Crippen molar-refractivity contribution in [1.29, 1.82) is 0 Å². The molecule has 0 saturated heterocycles. The van der Waals surface area contributed by atoms with Gasteiger partial charge in [0.2, 0.25) is 5.88 Å². The molecule has 0 N–H and O–H groups in total. The van der Waals surface area contributed by atoms with Gasteiger partial charge in [-0.3, -0.25) is 0 Å². The molecule has 0 spiro atoms. The van der Waals surface area contributed by atoms with E-state index < -0.39 is 11.7 Å². The number of halogens is 3. The summed E-state index contributed by atoms with van der Waals surface area (Å²) < 4.78 is 44.0. The molecule has 0 saturated carbocycles. The molecule has 7 heteroatoms. The van der Waals surface area contributed by atoms with Crippen LogP contribution in [0.15, 0.2) is 53.7 Å². The first-order chi connectivity index (χ1) is 13.7. The lowest BCUT2D eigenvalue weighted by Gasteiger charge is -2.10. The van der Waals surface area contributed by atoms with Crippen LogP contribution >= 0.6 is 11.8 Å². The van der Waals surface area contributed by atoms with Crippen molar-refractivity contribution >= 4 is 11.8 Å². The molecule has 0 radical (unpaired) electrons. The van der Waals surface area contributed by atoms with E-state index in [4.69, 9.17) is 4.74 Å². The molecule has 0 atom stereocenters. The molecular formula is C22H21F3N2OS. The van der Waals surface area contributed by atoms with Gasteiger partial charge in [-0.2, -0.15) is 18.2 Å². The third-order valence-electron chi connectivity index (χ3n) is 4.16. The van der Waals surface area contributed by atoms with Gasteiger partial charge in [0, 0.05) is 17.5 Å². The van der Waals surface area contributed by atoms with Crippen LogP contribution in [0.1, 0.15) is 34.9 Å². The fourth-order valence-corrected chi connectivity index (χ4v) is 3.62. The van der Waals surface area contributed by atoms with E-state index in [1.807, 2.05) is 32.9 Å². The zero-order valence-corrected chi connectivity index (χ0v) is 17.2. The Morgan fingerprint density at radius 1 is 0.931 bits per heavy atom. The number of thioether (sulfide) groups is 1. The standard InChI is InChI=1S/C22H21F3N2OS/c1-4-18-12-20(28-19-10-14(2)9-15(3)11-19)27-21(26-18)29-13-16-5-7-17(8-6-16)22(23,24)25/h5-12H,4,13H2,1-3H3. The largest absolute Gasteiger partial charge is 0.439 e. The molecule has 152 valence electrons. The van der Waals surface area contributed by atoms with Crippen molar-refractivity contribution in [3.05, 3.63) is 76.5 Å². The van der Waals surface area contributed by atoms with E-state index in [0.717, 1.165) is 40.9 Å². The first-order valence-electron chi connectivity index (χ1n) is 9.16. The number of ether oxygens (including phenoxy) is 1. The molecule has 3 aromatic rings. The third kappa shape index (κ3) is 5.97. The van der Waals surface area contributed by atoms with E-state index in [2.05, 4.69) is 16.0 Å². The molecule has 0 amide bonds. The van der Waals surface area contributed by atoms with Crippen molar-refractivity contribution in [2.75, 3.05) is 0 Å². The molecule has 2 aromatic carbocycles. The first kappa shape index (κ1) is 21.2. The Kier molecular flexibility index (Phi) is 6.47. The van der Waals surface area contributed by atoms with Gasteiger partial charge in [0.15, 0.2) is 5.16 Å². The maximum atomic E-state index is 12.7. The Morgan fingerprint density at radius 2 is 1.59 bits per heavy atom. The van der Waals surface area contributed by atoms with Crippen LogP contribution in [0.2, 0.25) is 0 Å². The normalized spacial score (nSPS) is 11.5. The average molecular weight is 418 g/mol. The van der Waals surface area contributed by atoms with E-state index in [1.165, 1.54) is 23.9 Å². The highest BCUT2D eigenvalue weighted by atomic mass is 32.2. The number of alkyl halides is 3. The maximum Gasteiger partial charge on any atom is 0.416 e. The van der Waals surface area contributed by atoms with Crippen LogP contribution in [0.3, 0.4) is 0 Å². The number of hydrogen-bond donors (Lipinski definition) is 0. The SMILES string of the molecule is CCc1cc(Oc2cc(C)cc(C)c2)nc(SCc2ccc(C(F)(F)F)cc2)n1. The molecule has 3 nitrogen and oxygen atoms in total. The van der Waals surface area contributed by atoms with E-state index in [0.29, 0.717) is 22.5 Å². The summed E-state index contributed by atoms with van der Waals surface area (Å²) in [5, 5.41) is 0.531. The Bertz CT molecular complexity index is 968. The van der Waals surface area contributed by atoms with Gasteiger partial charge >= 0.3 is 6.18 Å². The summed E-state index contributed by atoms with van der Waals surface area (Å²) >= 11 is 1.36. The molecule has 0 aliphatic heterocycles. The number of benzene rings is 2. The summed E-state index contributed by atoms with van der Waals surface area (Å²) in [6.07, 6.45) is -3.61. The number of hydrogen-bond acceptors (Lipinski definition) is 4. The number of rotatable bonds is 6. The van der Waals surface area contributed by atoms with Gasteiger partial charge in [0.1, 0.15) is 5.75 Å². The Morgan fingerprint density at radius 3 is 2.17 bits per heavy atom. The zero-order chi connectivity index (χ0) is 21.0. The predicted octanol–water partition coefficient (Wildman–Crippen LogP) is 6.76. The van der Waals surface area contributed by atoms with Crippen LogP contribution < -0.4 is 4.74 Å². The van der Waals surface area contributed by atoms with Gasteiger partial charge in [-0.15, -0.1) is 0 Å². The van der Waals surface area contributed by atoms with Crippen molar-refractivity contribution in [3.63, 3.8) is 0 Å². The Labute approximate surface area is 172 Å². The molecular weight excluding hydrogens is 397 g/mol. The van der Waals surface area contributed by atoms with Crippen molar-refractivity contribution in [2.24, 2.45) is 0 Å². The quantitative estimate of drug-likeness (QED) is 0.327. The highest BCUT2D eigenvalue weighted by Gasteiger charge is 2.29. The molecule has 1 heterocycles. The minimum atomic E-state index is -4.33. The van der Waals surface area contributed by atoms with Gasteiger partial charge in [-0.25, -0.2) is 4.98 Å². The van der Waals surface area contributed by atoms with E-state index in [1.54, 1.807) is 6.07 Å². The fourth-order valence-electron chi connectivity index (χ4n) is 2.80. The molecule has 3 rings (SSSR count). The molecule has 0 aliphatic rings. The molecule has 0 bridgehead atoms. The van der Waals surface area contributed by atoms with Crippen molar-refractivity contribution in [1.82, 2.24) is 9.97 Å². The van der Waals surface area contributed by atoms with Gasteiger partial charge in [-0.1, -0.05) is 36.9 Å². The summed E-state index contributed by atoms with van der Waals surface area (Å²) in [6.45, 7) is 6.00. The zero-order valence-electron chi connectivity index (χ0n) is 16.4. The lowest BCUT2D eigenvalue weighted by molar-refractivity contribution is -0.137. The van der Waals surface area contributed by atoms with Crippen molar-refractivity contribution in [2.45, 2.75) is 44.3 Å². The van der Waals surface area contributed by atoms with Gasteiger partial charge in [-0.05, 0) is 61.2 Å². The first-order valence-corrected chi connectivity index (χ1v) is 10.1. The van der Waals surface area contributed by atoms with Crippen LogP contribution in [0.5, 0.6) is 11.6 Å². The Balaban J connectivity index is 1.74. The average Bonchev–Trinajstić information content (AvgIpc) is 2.65. The smallest absolute Gasteiger partial charge is 0.416 e. The Hall–Kier alpha value is -2.54. The number of aryl methyl sites for hydroxylation is 3. The van der Waals surface area contributed by atoms with Crippen LogP contribution in [-0.2, 0) is 18.3 Å². The van der Waals surface area contributed by atoms with E-state index in [9.17, 15) is 13.2 Å². The molecule has 0 unspecified atom stereocenters. The summed E-state index contributed by atoms with van der Waals surface area (Å²) in [4.78, 5) is 8.95. The van der Waals surface area contributed by atoms with Crippen LogP contribution in [0, 0.1) is 13.8 Å². The highest BCUT2D eigenvalue weighted by Crippen LogP contribution is 2.30. The summed E-state index contributed by atoms with van der Waals surface area (Å²) in [6, 6.07) is 12.9. The lowest BCUT2D eigenvalue weighted by atomic mass is 10.1. The fraction of sp³-hybridized carbons (Fsp3) is 0.273. The summed E-state index contributed by atoms with van der Waals surface area (Å²) in [7, 11) is 0. The predicted molar refractivity (Wildman–Crippen MR) is 108 cm³/mol. The van der Waals surface area contributed by atoms with Crippen molar-refractivity contribution < 1.29 is 17.9 Å². The molecule has 0 aliphatic carbocycles. The van der Waals surface area contributed by atoms with Crippen LogP contribution in [0.4, 0.5) is 13.2 Å². The van der Waals surface area contributed by atoms with E-state index >= 15 is 0 Å². The highest BCUT2D eigenvalue weighted by molar-refractivity contribution is 7.98. The molecule has 1 aromatic heterocycles. The minimum absolute atomic E-state index is 0.455. The molecule has 0 fully saturated rings. The summed E-state index contributed by atoms with van der Waals surface area (Å²) in [5.41, 5.74) is 3.16. The van der Waals surface area contributed by atoms with Gasteiger partial charge in [0.25, 0.3) is 0 Å². The second kappa shape index (κ2) is 8.86. The third-order valence-corrected chi connectivity index (χ3v) is 5.08.